The topological polar surface area (TPSA) is 92.7 Å². The quantitative estimate of drug-likeness (QED) is 0.827. The molecule has 0 saturated heterocycles. The van der Waals surface area contributed by atoms with E-state index < -0.39 is 21.9 Å². The average molecular weight is 308 g/mol. The molecular weight excluding hydrogens is 294 g/mol. The molecule has 1 atom stereocenters. The third-order valence-electron chi connectivity index (χ3n) is 2.42. The van der Waals surface area contributed by atoms with Crippen LogP contribution in [0.3, 0.4) is 0 Å². The second-order valence-electron chi connectivity index (χ2n) is 3.89. The molecule has 0 aliphatic rings. The number of hydrogen-bond donors (Lipinski definition) is 2. The van der Waals surface area contributed by atoms with Crippen molar-refractivity contribution in [3.05, 3.63) is 23.2 Å². The largest absolute Gasteiger partial charge is 0.495 e. The molecule has 1 aromatic carbocycles. The molecule has 1 rings (SSSR count). The first kappa shape index (κ1) is 15.7. The Bertz CT molecular complexity index is 572. The number of halogens is 1. The summed E-state index contributed by atoms with van der Waals surface area (Å²) in [6.07, 6.45) is 0. The lowest BCUT2D eigenvalue weighted by Crippen LogP contribution is -2.31. The van der Waals surface area contributed by atoms with Gasteiger partial charge in [-0.2, -0.15) is 0 Å². The van der Waals surface area contributed by atoms with E-state index in [9.17, 15) is 13.2 Å². The highest BCUT2D eigenvalue weighted by Crippen LogP contribution is 2.26. The van der Waals surface area contributed by atoms with Gasteiger partial charge in [0.2, 0.25) is 10.0 Å². The molecule has 0 amide bonds. The molecule has 19 heavy (non-hydrogen) atoms. The molecule has 0 heterocycles. The summed E-state index contributed by atoms with van der Waals surface area (Å²) >= 11 is 5.74. The first-order valence-electron chi connectivity index (χ1n) is 5.34. The monoisotopic (exact) mass is 307 g/mol. The Balaban J connectivity index is 2.98. The molecule has 1 unspecified atom stereocenters. The molecule has 1 aromatic rings. The van der Waals surface area contributed by atoms with E-state index in [0.29, 0.717) is 5.02 Å². The lowest BCUT2D eigenvalue weighted by atomic mass is 10.2. The van der Waals surface area contributed by atoms with Crippen molar-refractivity contribution in [2.24, 2.45) is 5.92 Å². The second-order valence-corrected chi connectivity index (χ2v) is 6.06. The number of hydrogen-bond acceptors (Lipinski definition) is 4. The van der Waals surface area contributed by atoms with Gasteiger partial charge in [-0.1, -0.05) is 18.5 Å². The van der Waals surface area contributed by atoms with E-state index in [1.165, 1.54) is 32.2 Å². The van der Waals surface area contributed by atoms with Crippen molar-refractivity contribution in [2.45, 2.75) is 11.8 Å². The lowest BCUT2D eigenvalue weighted by Gasteiger charge is -2.12. The maximum atomic E-state index is 12.0. The number of carbonyl (C=O) groups is 1. The minimum absolute atomic E-state index is 0.0861. The fourth-order valence-electron chi connectivity index (χ4n) is 1.26. The molecule has 0 aromatic heterocycles. The van der Waals surface area contributed by atoms with E-state index in [1.54, 1.807) is 0 Å². The highest BCUT2D eigenvalue weighted by atomic mass is 35.5. The van der Waals surface area contributed by atoms with Crippen molar-refractivity contribution < 1.29 is 23.1 Å². The normalized spacial score (nSPS) is 13.0. The van der Waals surface area contributed by atoms with Gasteiger partial charge in [0.05, 0.1) is 13.0 Å². The van der Waals surface area contributed by atoms with Crippen molar-refractivity contribution >= 4 is 27.6 Å². The fraction of sp³-hybridized carbons (Fsp3) is 0.364. The molecule has 0 spiro atoms. The van der Waals surface area contributed by atoms with Gasteiger partial charge in [-0.3, -0.25) is 4.79 Å². The average Bonchev–Trinajstić information content (AvgIpc) is 2.35. The van der Waals surface area contributed by atoms with E-state index >= 15 is 0 Å². The molecule has 8 heteroatoms. The minimum Gasteiger partial charge on any atom is -0.495 e. The Morgan fingerprint density at radius 3 is 2.68 bits per heavy atom. The zero-order chi connectivity index (χ0) is 14.6. The van der Waals surface area contributed by atoms with Crippen molar-refractivity contribution in [1.29, 1.82) is 0 Å². The molecule has 0 saturated carbocycles. The van der Waals surface area contributed by atoms with Crippen LogP contribution in [-0.2, 0) is 14.8 Å². The van der Waals surface area contributed by atoms with Crippen LogP contribution in [0.15, 0.2) is 23.1 Å². The van der Waals surface area contributed by atoms with Crippen LogP contribution in [0.1, 0.15) is 6.92 Å². The van der Waals surface area contributed by atoms with E-state index in [-0.39, 0.29) is 17.2 Å². The van der Waals surface area contributed by atoms with Gasteiger partial charge < -0.3 is 9.84 Å². The Morgan fingerprint density at radius 1 is 1.53 bits per heavy atom. The van der Waals surface area contributed by atoms with Crippen molar-refractivity contribution in [3.8, 4) is 5.75 Å². The first-order valence-corrected chi connectivity index (χ1v) is 7.20. The highest BCUT2D eigenvalue weighted by Gasteiger charge is 2.21. The van der Waals surface area contributed by atoms with Crippen LogP contribution in [0.5, 0.6) is 5.75 Å². The predicted octanol–water partition coefficient (Wildman–Crippen LogP) is 1.35. The van der Waals surface area contributed by atoms with Gasteiger partial charge in [-0.15, -0.1) is 0 Å². The number of nitrogens with one attached hydrogen (secondary N) is 1. The zero-order valence-electron chi connectivity index (χ0n) is 10.4. The number of benzene rings is 1. The highest BCUT2D eigenvalue weighted by molar-refractivity contribution is 7.89. The van der Waals surface area contributed by atoms with E-state index in [4.69, 9.17) is 21.4 Å². The molecule has 0 radical (unpaired) electrons. The number of sulfonamides is 1. The maximum absolute atomic E-state index is 12.0. The number of carboxylic acids is 1. The first-order chi connectivity index (χ1) is 8.77. The Hall–Kier alpha value is -1.31. The number of rotatable bonds is 6. The smallest absolute Gasteiger partial charge is 0.307 e. The van der Waals surface area contributed by atoms with E-state index in [0.717, 1.165) is 0 Å². The summed E-state index contributed by atoms with van der Waals surface area (Å²) in [4.78, 5) is 10.6. The predicted molar refractivity (Wildman–Crippen MR) is 70.0 cm³/mol. The van der Waals surface area contributed by atoms with Crippen LogP contribution in [-0.4, -0.2) is 33.1 Å². The van der Waals surface area contributed by atoms with Crippen LogP contribution < -0.4 is 9.46 Å². The molecular formula is C11H14ClNO5S. The molecule has 0 aliphatic carbocycles. The SMILES string of the molecule is COc1cc(Cl)ccc1S(=O)(=O)NCC(C)C(=O)O. The van der Waals surface area contributed by atoms with Crippen LogP contribution >= 0.6 is 11.6 Å². The van der Waals surface area contributed by atoms with Gasteiger partial charge in [0.25, 0.3) is 0 Å². The maximum Gasteiger partial charge on any atom is 0.307 e. The van der Waals surface area contributed by atoms with Gasteiger partial charge in [-0.05, 0) is 12.1 Å². The third-order valence-corrected chi connectivity index (χ3v) is 4.11. The second kappa shape index (κ2) is 6.23. The Morgan fingerprint density at radius 2 is 2.16 bits per heavy atom. The molecule has 0 aliphatic heterocycles. The van der Waals surface area contributed by atoms with Gasteiger partial charge in [-0.25, -0.2) is 13.1 Å². The zero-order valence-corrected chi connectivity index (χ0v) is 12.0. The summed E-state index contributed by atoms with van der Waals surface area (Å²) in [6, 6.07) is 4.09. The van der Waals surface area contributed by atoms with Gasteiger partial charge >= 0.3 is 5.97 Å². The molecule has 0 bridgehead atoms. The summed E-state index contributed by atoms with van der Waals surface area (Å²) < 4.78 is 31.2. The molecule has 2 N–H and O–H groups in total. The summed E-state index contributed by atoms with van der Waals surface area (Å²) in [5.41, 5.74) is 0. The van der Waals surface area contributed by atoms with E-state index in [2.05, 4.69) is 4.72 Å². The van der Waals surface area contributed by atoms with Crippen LogP contribution in [0.4, 0.5) is 0 Å². The summed E-state index contributed by atoms with van der Waals surface area (Å²) in [5.74, 6) is -1.80. The Kier molecular flexibility index (Phi) is 5.16. The molecule has 6 nitrogen and oxygen atoms in total. The van der Waals surface area contributed by atoms with Gasteiger partial charge in [0.1, 0.15) is 10.6 Å². The number of aliphatic carboxylic acids is 1. The summed E-state index contributed by atoms with van der Waals surface area (Å²) in [5, 5.41) is 9.05. The summed E-state index contributed by atoms with van der Waals surface area (Å²) in [7, 11) is -2.52. The standard InChI is InChI=1S/C11H14ClNO5S/c1-7(11(14)15)6-13-19(16,17)10-4-3-8(12)5-9(10)18-2/h3-5,7,13H,6H2,1-2H3,(H,14,15). The van der Waals surface area contributed by atoms with Crippen molar-refractivity contribution in [2.75, 3.05) is 13.7 Å². The van der Waals surface area contributed by atoms with E-state index in [1.807, 2.05) is 0 Å². The summed E-state index contributed by atoms with van der Waals surface area (Å²) in [6.45, 7) is 1.20. The fourth-order valence-corrected chi connectivity index (χ4v) is 2.70. The number of carboxylic acid groups (broad SMARTS) is 1. The molecule has 106 valence electrons. The lowest BCUT2D eigenvalue weighted by molar-refractivity contribution is -0.140. The van der Waals surface area contributed by atoms with Crippen molar-refractivity contribution in [1.82, 2.24) is 4.72 Å². The van der Waals surface area contributed by atoms with Gasteiger partial charge in [0, 0.05) is 17.6 Å². The van der Waals surface area contributed by atoms with Gasteiger partial charge in [0.15, 0.2) is 0 Å². The van der Waals surface area contributed by atoms with Crippen LogP contribution in [0.25, 0.3) is 0 Å². The van der Waals surface area contributed by atoms with Crippen LogP contribution in [0, 0.1) is 5.92 Å². The van der Waals surface area contributed by atoms with Crippen molar-refractivity contribution in [3.63, 3.8) is 0 Å². The Labute approximate surface area is 116 Å². The number of ether oxygens (including phenoxy) is 1. The van der Waals surface area contributed by atoms with Crippen LogP contribution in [0.2, 0.25) is 5.02 Å². The third kappa shape index (κ3) is 4.09. The number of methoxy groups -OCH3 is 1. The molecule has 0 fully saturated rings. The minimum atomic E-state index is -3.85.